The summed E-state index contributed by atoms with van der Waals surface area (Å²) in [5, 5.41) is 9.87. The SMILES string of the molecule is CC(C)(C)C1CC(CN2C(=O)C3(COc4cc5c(cc43)OCO5)c3c(-c4cncnc4)cccc32)CCN1C(=O)O. The second-order valence-electron chi connectivity index (χ2n) is 12.4. The van der Waals surface area contributed by atoms with E-state index in [1.165, 1.54) is 6.33 Å². The second kappa shape index (κ2) is 9.09. The first-order valence-electron chi connectivity index (χ1n) is 14.0. The fourth-order valence-corrected chi connectivity index (χ4v) is 7.06. The van der Waals surface area contributed by atoms with Crippen molar-refractivity contribution in [3.8, 4) is 28.4 Å². The maximum absolute atomic E-state index is 14.8. The zero-order chi connectivity index (χ0) is 28.5. The van der Waals surface area contributed by atoms with Crippen LogP contribution in [0.15, 0.2) is 49.1 Å². The van der Waals surface area contributed by atoms with Gasteiger partial charge in [-0.3, -0.25) is 4.79 Å². The van der Waals surface area contributed by atoms with Crippen LogP contribution in [0.25, 0.3) is 11.1 Å². The van der Waals surface area contributed by atoms with Gasteiger partial charge in [0.15, 0.2) is 11.5 Å². The monoisotopic (exact) mass is 556 g/mol. The molecule has 3 unspecified atom stereocenters. The smallest absolute Gasteiger partial charge is 0.407 e. The summed E-state index contributed by atoms with van der Waals surface area (Å²) < 4.78 is 17.5. The molecule has 5 heterocycles. The third-order valence-corrected chi connectivity index (χ3v) is 9.02. The molecule has 1 saturated heterocycles. The average molecular weight is 557 g/mol. The van der Waals surface area contributed by atoms with Crippen LogP contribution in [0.5, 0.6) is 17.2 Å². The predicted octanol–water partition coefficient (Wildman–Crippen LogP) is 4.70. The van der Waals surface area contributed by atoms with E-state index in [9.17, 15) is 14.7 Å². The van der Waals surface area contributed by atoms with Gasteiger partial charge in [-0.25, -0.2) is 14.8 Å². The summed E-state index contributed by atoms with van der Waals surface area (Å²) in [5.41, 5.74) is 2.84. The first-order chi connectivity index (χ1) is 19.7. The number of fused-ring (bicyclic) bond motifs is 5. The number of piperidine rings is 1. The lowest BCUT2D eigenvalue weighted by atomic mass is 9.74. The summed E-state index contributed by atoms with van der Waals surface area (Å²) >= 11 is 0. The number of hydrogen-bond donors (Lipinski definition) is 1. The lowest BCUT2D eigenvalue weighted by Gasteiger charge is -2.45. The number of ether oxygens (including phenoxy) is 3. The van der Waals surface area contributed by atoms with Gasteiger partial charge in [0.05, 0.1) is 0 Å². The van der Waals surface area contributed by atoms with Crippen LogP contribution in [-0.4, -0.2) is 64.5 Å². The van der Waals surface area contributed by atoms with Gasteiger partial charge in [-0.05, 0) is 41.9 Å². The van der Waals surface area contributed by atoms with Gasteiger partial charge in [-0.1, -0.05) is 32.9 Å². The number of anilines is 1. The minimum atomic E-state index is -1.08. The van der Waals surface area contributed by atoms with E-state index in [1.807, 2.05) is 35.2 Å². The molecule has 4 aliphatic heterocycles. The van der Waals surface area contributed by atoms with E-state index >= 15 is 0 Å². The number of aromatic nitrogens is 2. The molecule has 7 rings (SSSR count). The van der Waals surface area contributed by atoms with Crippen molar-refractivity contribution in [3.05, 3.63) is 60.2 Å². The topological polar surface area (TPSA) is 114 Å². The van der Waals surface area contributed by atoms with Crippen molar-refractivity contribution in [1.82, 2.24) is 14.9 Å². The third kappa shape index (κ3) is 3.83. The summed E-state index contributed by atoms with van der Waals surface area (Å²) in [7, 11) is 0. The van der Waals surface area contributed by atoms with E-state index in [0.29, 0.717) is 43.2 Å². The van der Waals surface area contributed by atoms with Gasteiger partial charge in [0.25, 0.3) is 0 Å². The van der Waals surface area contributed by atoms with Crippen LogP contribution < -0.4 is 19.1 Å². The van der Waals surface area contributed by atoms with Gasteiger partial charge in [-0.15, -0.1) is 0 Å². The minimum absolute atomic E-state index is 0.0533. The molecule has 3 aromatic rings. The van der Waals surface area contributed by atoms with Crippen LogP contribution in [0, 0.1) is 11.3 Å². The molecule has 3 atom stereocenters. The fourth-order valence-electron chi connectivity index (χ4n) is 7.06. The van der Waals surface area contributed by atoms with Crippen molar-refractivity contribution in [3.63, 3.8) is 0 Å². The van der Waals surface area contributed by atoms with Crippen LogP contribution in [0.3, 0.4) is 0 Å². The number of hydrogen-bond acceptors (Lipinski definition) is 7. The van der Waals surface area contributed by atoms with Gasteiger partial charge >= 0.3 is 6.09 Å². The molecule has 0 bridgehead atoms. The average Bonchev–Trinajstić information content (AvgIpc) is 3.64. The molecule has 1 aromatic heterocycles. The summed E-state index contributed by atoms with van der Waals surface area (Å²) in [6.45, 7) is 7.44. The van der Waals surface area contributed by atoms with E-state index in [2.05, 4.69) is 30.7 Å². The van der Waals surface area contributed by atoms with Gasteiger partial charge in [-0.2, -0.15) is 0 Å². The number of likely N-dealkylation sites (tertiary alicyclic amines) is 1. The van der Waals surface area contributed by atoms with Crippen molar-refractivity contribution in [2.45, 2.75) is 45.1 Å². The Morgan fingerprint density at radius 2 is 1.85 bits per heavy atom. The number of carboxylic acid groups (broad SMARTS) is 1. The second-order valence-corrected chi connectivity index (χ2v) is 12.4. The molecule has 2 aromatic carbocycles. The Morgan fingerprint density at radius 1 is 1.10 bits per heavy atom. The van der Waals surface area contributed by atoms with Gasteiger partial charge in [0.2, 0.25) is 12.7 Å². The number of carbonyl (C=O) groups excluding carboxylic acids is 1. The van der Waals surface area contributed by atoms with Gasteiger partial charge < -0.3 is 29.1 Å². The molecule has 0 saturated carbocycles. The Morgan fingerprint density at radius 3 is 2.59 bits per heavy atom. The van der Waals surface area contributed by atoms with Crippen molar-refractivity contribution in [2.24, 2.45) is 11.3 Å². The molecular formula is C31H32N4O6. The maximum Gasteiger partial charge on any atom is 0.407 e. The summed E-state index contributed by atoms with van der Waals surface area (Å²) in [5.74, 6) is 1.88. The number of rotatable bonds is 3. The molecule has 0 radical (unpaired) electrons. The summed E-state index contributed by atoms with van der Waals surface area (Å²) in [6.07, 6.45) is 5.48. The Hall–Kier alpha value is -4.34. The highest BCUT2D eigenvalue weighted by Gasteiger charge is 2.59. The quantitative estimate of drug-likeness (QED) is 0.494. The Balaban J connectivity index is 1.34. The number of amides is 2. The van der Waals surface area contributed by atoms with E-state index in [4.69, 9.17) is 14.2 Å². The molecule has 2 amide bonds. The van der Waals surface area contributed by atoms with E-state index in [0.717, 1.165) is 27.9 Å². The van der Waals surface area contributed by atoms with Crippen LogP contribution in [0.4, 0.5) is 10.5 Å². The molecule has 1 N–H and O–H groups in total. The summed E-state index contributed by atoms with van der Waals surface area (Å²) in [4.78, 5) is 38.8. The lowest BCUT2D eigenvalue weighted by molar-refractivity contribution is -0.122. The third-order valence-electron chi connectivity index (χ3n) is 9.02. The predicted molar refractivity (Wildman–Crippen MR) is 149 cm³/mol. The zero-order valence-electron chi connectivity index (χ0n) is 23.3. The van der Waals surface area contributed by atoms with Crippen molar-refractivity contribution in [1.29, 1.82) is 0 Å². The van der Waals surface area contributed by atoms with Crippen molar-refractivity contribution >= 4 is 17.7 Å². The zero-order valence-corrected chi connectivity index (χ0v) is 23.3. The standard InChI is InChI=1S/C31H32N4O6/c1-30(2,3)26-9-18(7-8-34(26)29(37)38)14-35-22-6-4-5-20(19-12-32-16-33-13-19)27(22)31(28(35)36)15-39-23-11-25-24(10-21(23)31)40-17-41-25/h4-6,10-13,16,18,26H,7-9,14-15,17H2,1-3H3,(H,37,38). The highest BCUT2D eigenvalue weighted by Crippen LogP contribution is 2.57. The molecule has 212 valence electrons. The number of benzene rings is 2. The molecule has 0 aliphatic carbocycles. The number of carbonyl (C=O) groups is 2. The van der Waals surface area contributed by atoms with Crippen molar-refractivity contribution < 1.29 is 28.9 Å². The molecule has 41 heavy (non-hydrogen) atoms. The normalized spacial score (nSPS) is 24.4. The Kier molecular flexibility index (Phi) is 5.68. The van der Waals surface area contributed by atoms with E-state index in [1.54, 1.807) is 17.3 Å². The van der Waals surface area contributed by atoms with Gasteiger partial charge in [0, 0.05) is 60.0 Å². The highest BCUT2D eigenvalue weighted by molar-refractivity contribution is 6.13. The molecule has 1 spiro atoms. The largest absolute Gasteiger partial charge is 0.491 e. The highest BCUT2D eigenvalue weighted by atomic mass is 16.7. The first-order valence-corrected chi connectivity index (χ1v) is 14.0. The van der Waals surface area contributed by atoms with Crippen LogP contribution in [0.1, 0.15) is 44.7 Å². The van der Waals surface area contributed by atoms with Crippen LogP contribution in [-0.2, 0) is 10.2 Å². The Labute approximate surface area is 237 Å². The number of nitrogens with zero attached hydrogens (tertiary/aromatic N) is 4. The Bertz CT molecular complexity index is 1550. The van der Waals surface area contributed by atoms with Gasteiger partial charge in [0.1, 0.15) is 24.1 Å². The fraction of sp³-hybridized carbons (Fsp3) is 0.419. The molecule has 4 aliphatic rings. The molecular weight excluding hydrogens is 524 g/mol. The molecule has 1 fully saturated rings. The van der Waals surface area contributed by atoms with E-state index in [-0.39, 0.29) is 36.7 Å². The van der Waals surface area contributed by atoms with E-state index < -0.39 is 11.5 Å². The molecule has 10 nitrogen and oxygen atoms in total. The van der Waals surface area contributed by atoms with Crippen molar-refractivity contribution in [2.75, 3.05) is 31.4 Å². The first kappa shape index (κ1) is 25.6. The van der Waals surface area contributed by atoms with Crippen LogP contribution in [0.2, 0.25) is 0 Å². The summed E-state index contributed by atoms with van der Waals surface area (Å²) in [6, 6.07) is 9.51. The minimum Gasteiger partial charge on any atom is -0.491 e. The lowest BCUT2D eigenvalue weighted by Crippen LogP contribution is -2.53. The maximum atomic E-state index is 14.8. The molecule has 10 heteroatoms. The van der Waals surface area contributed by atoms with Crippen LogP contribution >= 0.6 is 0 Å².